The normalized spacial score (nSPS) is 14.5. The van der Waals surface area contributed by atoms with E-state index in [9.17, 15) is 5.11 Å². The van der Waals surface area contributed by atoms with Crippen LogP contribution in [0.4, 0.5) is 0 Å². The SMILES string of the molecule is [B]C(C)(O)CCCCCCCCCCCCCCC. The second-order valence-electron chi connectivity index (χ2n) is 6.35. The summed E-state index contributed by atoms with van der Waals surface area (Å²) in [5, 5.41) is 9.37. The lowest BCUT2D eigenvalue weighted by molar-refractivity contribution is 0.134. The van der Waals surface area contributed by atoms with Gasteiger partial charge in [0.1, 0.15) is 7.85 Å². The van der Waals surface area contributed by atoms with Gasteiger partial charge in [0.2, 0.25) is 0 Å². The third kappa shape index (κ3) is 18.0. The lowest BCUT2D eigenvalue weighted by Crippen LogP contribution is -2.23. The molecule has 1 nitrogen and oxygen atoms in total. The van der Waals surface area contributed by atoms with Crippen LogP contribution in [0.1, 0.15) is 104 Å². The van der Waals surface area contributed by atoms with Crippen LogP contribution in [0.3, 0.4) is 0 Å². The summed E-state index contributed by atoms with van der Waals surface area (Å²) in [5.74, 6) is 0. The first-order valence-electron chi connectivity index (χ1n) is 8.57. The van der Waals surface area contributed by atoms with E-state index in [0.29, 0.717) is 0 Å². The minimum Gasteiger partial charge on any atom is -0.400 e. The van der Waals surface area contributed by atoms with E-state index in [1.807, 2.05) is 0 Å². The summed E-state index contributed by atoms with van der Waals surface area (Å²) in [6.45, 7) is 3.96. The molecule has 1 atom stereocenters. The van der Waals surface area contributed by atoms with Crippen molar-refractivity contribution in [2.75, 3.05) is 0 Å². The Labute approximate surface area is 123 Å². The van der Waals surface area contributed by atoms with E-state index in [2.05, 4.69) is 6.92 Å². The molecule has 0 aromatic carbocycles. The van der Waals surface area contributed by atoms with Crippen molar-refractivity contribution in [2.45, 2.75) is 109 Å². The smallest absolute Gasteiger partial charge is 0.112 e. The molecule has 0 aromatic heterocycles. The van der Waals surface area contributed by atoms with E-state index >= 15 is 0 Å². The first kappa shape index (κ1) is 19.0. The predicted molar refractivity (Wildman–Crippen MR) is 86.7 cm³/mol. The second kappa shape index (κ2) is 13.0. The van der Waals surface area contributed by atoms with Crippen LogP contribution in [0.5, 0.6) is 0 Å². The third-order valence-corrected chi connectivity index (χ3v) is 3.79. The monoisotopic (exact) mass is 266 g/mol. The summed E-state index contributed by atoms with van der Waals surface area (Å²) >= 11 is 0. The number of hydrogen-bond donors (Lipinski definition) is 1. The van der Waals surface area contributed by atoms with E-state index in [4.69, 9.17) is 7.85 Å². The van der Waals surface area contributed by atoms with Crippen LogP contribution in [-0.2, 0) is 0 Å². The summed E-state index contributed by atoms with van der Waals surface area (Å²) in [6, 6.07) is 0. The maximum Gasteiger partial charge on any atom is 0.112 e. The average Bonchev–Trinajstić information content (AvgIpc) is 2.34. The van der Waals surface area contributed by atoms with Crippen LogP contribution in [0.2, 0.25) is 0 Å². The van der Waals surface area contributed by atoms with Gasteiger partial charge in [0.15, 0.2) is 0 Å². The van der Waals surface area contributed by atoms with Crippen LogP contribution >= 0.6 is 0 Å². The van der Waals surface area contributed by atoms with Gasteiger partial charge in [-0.1, -0.05) is 90.4 Å². The van der Waals surface area contributed by atoms with Gasteiger partial charge in [-0.25, -0.2) is 0 Å². The van der Waals surface area contributed by atoms with Crippen molar-refractivity contribution in [3.05, 3.63) is 0 Å². The Hall–Kier alpha value is 0.0249. The molecule has 0 saturated carbocycles. The van der Waals surface area contributed by atoms with Gasteiger partial charge in [-0.3, -0.25) is 0 Å². The molecule has 0 spiro atoms. The lowest BCUT2D eigenvalue weighted by atomic mass is 9.79. The maximum atomic E-state index is 9.37. The molecule has 2 radical (unpaired) electrons. The Morgan fingerprint density at radius 3 is 1.32 bits per heavy atom. The fraction of sp³-hybridized carbons (Fsp3) is 1.00. The quantitative estimate of drug-likeness (QED) is 0.332. The Morgan fingerprint density at radius 1 is 0.684 bits per heavy atom. The number of hydrogen-bond acceptors (Lipinski definition) is 1. The first-order chi connectivity index (χ1) is 9.06. The molecule has 0 fully saturated rings. The van der Waals surface area contributed by atoms with Crippen LogP contribution in [0.25, 0.3) is 0 Å². The number of unbranched alkanes of at least 4 members (excludes halogenated alkanes) is 12. The lowest BCUT2D eigenvalue weighted by Gasteiger charge is -2.16. The fourth-order valence-electron chi connectivity index (χ4n) is 2.50. The molecule has 0 amide bonds. The maximum absolute atomic E-state index is 9.37. The van der Waals surface area contributed by atoms with Crippen molar-refractivity contribution in [3.8, 4) is 0 Å². The predicted octanol–water partition coefficient (Wildman–Crippen LogP) is 5.34. The van der Waals surface area contributed by atoms with Crippen molar-refractivity contribution in [1.82, 2.24) is 0 Å². The molecule has 19 heavy (non-hydrogen) atoms. The van der Waals surface area contributed by atoms with Crippen molar-refractivity contribution in [2.24, 2.45) is 0 Å². The Morgan fingerprint density at radius 2 is 1.00 bits per heavy atom. The van der Waals surface area contributed by atoms with Gasteiger partial charge < -0.3 is 5.11 Å². The second-order valence-corrected chi connectivity index (χ2v) is 6.35. The summed E-state index contributed by atoms with van der Waals surface area (Å²) in [6.07, 6.45) is 18.3. The van der Waals surface area contributed by atoms with Crippen molar-refractivity contribution in [3.63, 3.8) is 0 Å². The Bertz CT molecular complexity index is 175. The van der Waals surface area contributed by atoms with Gasteiger partial charge >= 0.3 is 0 Å². The minimum atomic E-state index is -0.961. The molecule has 0 aliphatic heterocycles. The van der Waals surface area contributed by atoms with Gasteiger partial charge in [-0.05, 0) is 13.3 Å². The molecule has 0 aromatic rings. The molecule has 1 N–H and O–H groups in total. The van der Waals surface area contributed by atoms with Crippen LogP contribution in [-0.4, -0.2) is 18.5 Å². The number of aliphatic hydroxyl groups is 1. The fourth-order valence-corrected chi connectivity index (χ4v) is 2.50. The molecule has 112 valence electrons. The highest BCUT2D eigenvalue weighted by Gasteiger charge is 2.10. The minimum absolute atomic E-state index is 0.727. The molecule has 0 heterocycles. The zero-order valence-electron chi connectivity index (χ0n) is 13.4. The molecule has 0 aliphatic carbocycles. The van der Waals surface area contributed by atoms with Crippen molar-refractivity contribution < 1.29 is 5.11 Å². The van der Waals surface area contributed by atoms with Gasteiger partial charge in [0, 0.05) is 5.50 Å². The third-order valence-electron chi connectivity index (χ3n) is 3.79. The standard InChI is InChI=1S/C17H35BO/c1-3-4-5-6-7-8-9-10-11-12-13-14-15-16-17(2,18)19/h19H,3-16H2,1-2H3. The largest absolute Gasteiger partial charge is 0.400 e. The highest BCUT2D eigenvalue weighted by Crippen LogP contribution is 2.14. The van der Waals surface area contributed by atoms with Gasteiger partial charge in [0.25, 0.3) is 0 Å². The van der Waals surface area contributed by atoms with Crippen molar-refractivity contribution in [1.29, 1.82) is 0 Å². The topological polar surface area (TPSA) is 20.2 Å². The van der Waals surface area contributed by atoms with E-state index in [0.717, 1.165) is 12.8 Å². The van der Waals surface area contributed by atoms with Crippen LogP contribution < -0.4 is 0 Å². The summed E-state index contributed by atoms with van der Waals surface area (Å²) in [5.41, 5.74) is -0.961. The molecule has 1 unspecified atom stereocenters. The summed E-state index contributed by atoms with van der Waals surface area (Å²) < 4.78 is 0. The summed E-state index contributed by atoms with van der Waals surface area (Å²) in [7, 11) is 5.53. The molecule has 2 heteroatoms. The highest BCUT2D eigenvalue weighted by molar-refractivity contribution is 6.13. The van der Waals surface area contributed by atoms with E-state index in [1.54, 1.807) is 6.92 Å². The van der Waals surface area contributed by atoms with E-state index < -0.39 is 5.50 Å². The Balaban J connectivity index is 2.99. The molecular weight excluding hydrogens is 231 g/mol. The molecule has 0 bridgehead atoms. The zero-order chi connectivity index (χ0) is 14.4. The number of rotatable bonds is 14. The van der Waals surface area contributed by atoms with Gasteiger partial charge in [-0.2, -0.15) is 0 Å². The molecule has 0 aliphatic rings. The molecule has 0 rings (SSSR count). The van der Waals surface area contributed by atoms with Crippen LogP contribution in [0, 0.1) is 0 Å². The van der Waals surface area contributed by atoms with E-state index in [-0.39, 0.29) is 0 Å². The molecular formula is C17H35BO. The van der Waals surface area contributed by atoms with Crippen LogP contribution in [0.15, 0.2) is 0 Å². The van der Waals surface area contributed by atoms with Crippen molar-refractivity contribution >= 4 is 7.85 Å². The zero-order valence-corrected chi connectivity index (χ0v) is 13.4. The van der Waals surface area contributed by atoms with Gasteiger partial charge in [0.05, 0.1) is 0 Å². The average molecular weight is 266 g/mol. The Kier molecular flexibility index (Phi) is 13.0. The molecule has 0 saturated heterocycles. The van der Waals surface area contributed by atoms with E-state index in [1.165, 1.54) is 77.0 Å². The van der Waals surface area contributed by atoms with Gasteiger partial charge in [-0.15, -0.1) is 0 Å². The first-order valence-corrected chi connectivity index (χ1v) is 8.57. The summed E-state index contributed by atoms with van der Waals surface area (Å²) in [4.78, 5) is 0. The highest BCUT2D eigenvalue weighted by atomic mass is 16.3.